The van der Waals surface area contributed by atoms with Gasteiger partial charge in [0.05, 0.1) is 22.3 Å². The summed E-state index contributed by atoms with van der Waals surface area (Å²) in [4.78, 5) is 0. The van der Waals surface area contributed by atoms with Gasteiger partial charge in [0, 0.05) is 16.3 Å². The molecule has 0 saturated carbocycles. The first-order valence-corrected chi connectivity index (χ1v) is 13.2. The standard InChI is InChI=1S/C34H33N3O/c1-33(2,3)23-16-18-29-26(20-23)27-21-24(34(4,5)6)17-19-30(27)37(29)28-15-11-10-14-25(28)32-36-35-31(38-32)22-12-8-7-9-13-22/h7-21H,1-6H3. The summed E-state index contributed by atoms with van der Waals surface area (Å²) in [5.74, 6) is 1.02. The minimum Gasteiger partial charge on any atom is -0.416 e. The molecule has 6 aromatic rings. The van der Waals surface area contributed by atoms with Crippen LogP contribution in [-0.2, 0) is 10.8 Å². The van der Waals surface area contributed by atoms with Gasteiger partial charge >= 0.3 is 0 Å². The van der Waals surface area contributed by atoms with Crippen molar-refractivity contribution in [1.82, 2.24) is 14.8 Å². The summed E-state index contributed by atoms with van der Waals surface area (Å²) in [7, 11) is 0. The second-order valence-electron chi connectivity index (χ2n) is 12.1. The molecule has 0 fully saturated rings. The molecular weight excluding hydrogens is 466 g/mol. The molecule has 0 unspecified atom stereocenters. The first kappa shape index (κ1) is 24.2. The van der Waals surface area contributed by atoms with E-state index in [1.807, 2.05) is 36.4 Å². The fourth-order valence-electron chi connectivity index (χ4n) is 5.09. The van der Waals surface area contributed by atoms with Crippen molar-refractivity contribution in [3.8, 4) is 28.6 Å². The van der Waals surface area contributed by atoms with Gasteiger partial charge in [0.15, 0.2) is 0 Å². The average molecular weight is 500 g/mol. The highest BCUT2D eigenvalue weighted by Gasteiger charge is 2.23. The molecule has 0 spiro atoms. The lowest BCUT2D eigenvalue weighted by Gasteiger charge is -2.19. The summed E-state index contributed by atoms with van der Waals surface area (Å²) in [6.07, 6.45) is 0. The maximum absolute atomic E-state index is 6.21. The topological polar surface area (TPSA) is 43.9 Å². The molecule has 2 heterocycles. The zero-order valence-electron chi connectivity index (χ0n) is 22.9. The van der Waals surface area contributed by atoms with Crippen molar-refractivity contribution in [2.24, 2.45) is 0 Å². The first-order chi connectivity index (χ1) is 18.1. The molecular formula is C34H33N3O. The molecule has 4 nitrogen and oxygen atoms in total. The summed E-state index contributed by atoms with van der Waals surface area (Å²) in [5, 5.41) is 11.3. The Bertz CT molecular complexity index is 1710. The predicted octanol–water partition coefficient (Wildman–Crippen LogP) is 9.10. The number of aromatic nitrogens is 3. The van der Waals surface area contributed by atoms with Crippen LogP contribution in [0.1, 0.15) is 52.7 Å². The minimum atomic E-state index is 0.0553. The van der Waals surface area contributed by atoms with Gasteiger partial charge in [0.2, 0.25) is 11.8 Å². The fraction of sp³-hybridized carbons (Fsp3) is 0.235. The smallest absolute Gasteiger partial charge is 0.250 e. The molecule has 0 N–H and O–H groups in total. The fourth-order valence-corrected chi connectivity index (χ4v) is 5.09. The van der Waals surface area contributed by atoms with Crippen molar-refractivity contribution in [3.05, 3.63) is 102 Å². The molecule has 0 atom stereocenters. The van der Waals surface area contributed by atoms with Crippen LogP contribution < -0.4 is 0 Å². The number of rotatable bonds is 3. The van der Waals surface area contributed by atoms with Crippen LogP contribution in [0.5, 0.6) is 0 Å². The maximum Gasteiger partial charge on any atom is 0.250 e. The Hall–Kier alpha value is -4.18. The largest absolute Gasteiger partial charge is 0.416 e. The average Bonchev–Trinajstić information content (AvgIpc) is 3.51. The van der Waals surface area contributed by atoms with Gasteiger partial charge in [-0.2, -0.15) is 0 Å². The highest BCUT2D eigenvalue weighted by atomic mass is 16.4. The number of fused-ring (bicyclic) bond motifs is 3. The second kappa shape index (κ2) is 8.70. The van der Waals surface area contributed by atoms with E-state index in [0.29, 0.717) is 11.8 Å². The van der Waals surface area contributed by atoms with Crippen molar-refractivity contribution in [2.75, 3.05) is 0 Å². The number of para-hydroxylation sites is 1. The van der Waals surface area contributed by atoms with Crippen LogP contribution in [-0.4, -0.2) is 14.8 Å². The summed E-state index contributed by atoms with van der Waals surface area (Å²) in [6, 6.07) is 31.9. The van der Waals surface area contributed by atoms with Crippen molar-refractivity contribution >= 4 is 21.8 Å². The van der Waals surface area contributed by atoms with E-state index in [-0.39, 0.29) is 10.8 Å². The molecule has 0 aliphatic heterocycles. The van der Waals surface area contributed by atoms with E-state index >= 15 is 0 Å². The van der Waals surface area contributed by atoms with Gasteiger partial charge < -0.3 is 8.98 Å². The summed E-state index contributed by atoms with van der Waals surface area (Å²) in [5.41, 5.74) is 7.91. The lowest BCUT2D eigenvalue weighted by Crippen LogP contribution is -2.10. The maximum atomic E-state index is 6.21. The van der Waals surface area contributed by atoms with Gasteiger partial charge in [-0.3, -0.25) is 0 Å². The van der Waals surface area contributed by atoms with Crippen LogP contribution in [0.25, 0.3) is 50.4 Å². The summed E-state index contributed by atoms with van der Waals surface area (Å²) >= 11 is 0. The third-order valence-electron chi connectivity index (χ3n) is 7.32. The SMILES string of the molecule is CC(C)(C)c1ccc2c(c1)c1cc(C(C)(C)C)ccc1n2-c1ccccc1-c1nnc(-c2ccccc2)o1. The number of hydrogen-bond donors (Lipinski definition) is 0. The van der Waals surface area contributed by atoms with Gasteiger partial charge in [0.1, 0.15) is 0 Å². The molecule has 6 rings (SSSR count). The van der Waals surface area contributed by atoms with Crippen molar-refractivity contribution in [3.63, 3.8) is 0 Å². The highest BCUT2D eigenvalue weighted by Crippen LogP contribution is 2.39. The molecule has 4 heteroatoms. The Kier molecular flexibility index (Phi) is 5.53. The molecule has 2 aromatic heterocycles. The third-order valence-corrected chi connectivity index (χ3v) is 7.32. The van der Waals surface area contributed by atoms with Gasteiger partial charge in [-0.25, -0.2) is 0 Å². The Labute approximate surface area is 224 Å². The van der Waals surface area contributed by atoms with Gasteiger partial charge in [0.25, 0.3) is 0 Å². The number of hydrogen-bond acceptors (Lipinski definition) is 3. The van der Waals surface area contributed by atoms with Crippen LogP contribution in [0.15, 0.2) is 95.4 Å². The third kappa shape index (κ3) is 4.10. The van der Waals surface area contributed by atoms with E-state index in [1.54, 1.807) is 0 Å². The van der Waals surface area contributed by atoms with E-state index in [2.05, 4.69) is 111 Å². The molecule has 0 aliphatic carbocycles. The summed E-state index contributed by atoms with van der Waals surface area (Å²) in [6.45, 7) is 13.6. The summed E-state index contributed by atoms with van der Waals surface area (Å²) < 4.78 is 8.55. The molecule has 38 heavy (non-hydrogen) atoms. The van der Waals surface area contributed by atoms with Crippen LogP contribution >= 0.6 is 0 Å². The molecule has 0 amide bonds. The van der Waals surface area contributed by atoms with Gasteiger partial charge in [-0.15, -0.1) is 10.2 Å². The Morgan fingerprint density at radius 1 is 0.579 bits per heavy atom. The van der Waals surface area contributed by atoms with Crippen LogP contribution in [0.4, 0.5) is 0 Å². The highest BCUT2D eigenvalue weighted by molar-refractivity contribution is 6.10. The monoisotopic (exact) mass is 499 g/mol. The Morgan fingerprint density at radius 3 is 1.68 bits per heavy atom. The molecule has 0 radical (unpaired) electrons. The predicted molar refractivity (Wildman–Crippen MR) is 157 cm³/mol. The quantitative estimate of drug-likeness (QED) is 0.244. The van der Waals surface area contributed by atoms with E-state index < -0.39 is 0 Å². The second-order valence-corrected chi connectivity index (χ2v) is 12.1. The molecule has 0 bridgehead atoms. The van der Waals surface area contributed by atoms with Crippen LogP contribution in [0.3, 0.4) is 0 Å². The lowest BCUT2D eigenvalue weighted by molar-refractivity contribution is 0.584. The molecule has 190 valence electrons. The number of nitrogens with zero attached hydrogens (tertiary/aromatic N) is 3. The Morgan fingerprint density at radius 2 is 1.11 bits per heavy atom. The van der Waals surface area contributed by atoms with Crippen molar-refractivity contribution in [2.45, 2.75) is 52.4 Å². The number of benzene rings is 4. The zero-order valence-corrected chi connectivity index (χ0v) is 22.9. The van der Waals surface area contributed by atoms with Crippen molar-refractivity contribution < 1.29 is 4.42 Å². The molecule has 0 aliphatic rings. The zero-order chi connectivity index (χ0) is 26.7. The molecule has 0 saturated heterocycles. The van der Waals surface area contributed by atoms with Crippen molar-refractivity contribution in [1.29, 1.82) is 0 Å². The first-order valence-electron chi connectivity index (χ1n) is 13.2. The van der Waals surface area contributed by atoms with E-state index in [0.717, 1.165) is 27.8 Å². The molecule has 4 aromatic carbocycles. The van der Waals surface area contributed by atoms with Crippen LogP contribution in [0.2, 0.25) is 0 Å². The minimum absolute atomic E-state index is 0.0553. The van der Waals surface area contributed by atoms with Gasteiger partial charge in [-0.05, 0) is 70.5 Å². The van der Waals surface area contributed by atoms with Crippen LogP contribution in [0, 0.1) is 0 Å². The van der Waals surface area contributed by atoms with Gasteiger partial charge in [-0.1, -0.05) is 84.0 Å². The van der Waals surface area contributed by atoms with E-state index in [9.17, 15) is 0 Å². The Balaban J connectivity index is 1.62. The van der Waals surface area contributed by atoms with E-state index in [4.69, 9.17) is 4.42 Å². The van der Waals surface area contributed by atoms with E-state index in [1.165, 1.54) is 21.9 Å². The normalized spacial score (nSPS) is 12.5. The lowest BCUT2D eigenvalue weighted by atomic mass is 9.85.